The SMILES string of the molecule is CN1CC(C(=O)CN2CCOCC2)CC2c3cccc4[nH]cc(c34)C[C@H]21. The number of likely N-dealkylation sites (tertiary alicyclic amines) is 1. The van der Waals surface area contributed by atoms with Crippen molar-refractivity contribution in [2.45, 2.75) is 24.8 Å². The molecule has 2 fully saturated rings. The molecule has 2 aromatic rings. The van der Waals surface area contributed by atoms with Gasteiger partial charge in [0.15, 0.2) is 5.78 Å². The summed E-state index contributed by atoms with van der Waals surface area (Å²) in [7, 11) is 2.20. The molecule has 2 saturated heterocycles. The van der Waals surface area contributed by atoms with Crippen LogP contribution in [0.5, 0.6) is 0 Å². The number of carbonyl (C=O) groups excluding carboxylic acids is 1. The molecular weight excluding hydrogens is 326 g/mol. The minimum atomic E-state index is 0.139. The molecule has 1 N–H and O–H groups in total. The van der Waals surface area contributed by atoms with Crippen molar-refractivity contribution < 1.29 is 9.53 Å². The monoisotopic (exact) mass is 353 g/mol. The number of benzene rings is 1. The maximum Gasteiger partial charge on any atom is 0.151 e. The summed E-state index contributed by atoms with van der Waals surface area (Å²) in [4.78, 5) is 21.1. The molecule has 2 unspecified atom stereocenters. The Hall–Kier alpha value is -1.69. The molecule has 2 aliphatic heterocycles. The van der Waals surface area contributed by atoms with Crippen molar-refractivity contribution in [3.05, 3.63) is 35.5 Å². The minimum Gasteiger partial charge on any atom is -0.379 e. The van der Waals surface area contributed by atoms with Crippen LogP contribution in [0.4, 0.5) is 0 Å². The molecule has 5 nitrogen and oxygen atoms in total. The van der Waals surface area contributed by atoms with Crippen LogP contribution in [0.3, 0.4) is 0 Å². The van der Waals surface area contributed by atoms with Gasteiger partial charge in [-0.2, -0.15) is 0 Å². The topological polar surface area (TPSA) is 48.6 Å². The van der Waals surface area contributed by atoms with Crippen LogP contribution in [0, 0.1) is 5.92 Å². The number of piperidine rings is 1. The van der Waals surface area contributed by atoms with E-state index in [1.54, 1.807) is 0 Å². The van der Waals surface area contributed by atoms with E-state index >= 15 is 0 Å². The third kappa shape index (κ3) is 2.70. The molecule has 3 atom stereocenters. The molecule has 3 aliphatic rings. The maximum atomic E-state index is 13.0. The predicted molar refractivity (Wildman–Crippen MR) is 102 cm³/mol. The predicted octanol–water partition coefficient (Wildman–Crippen LogP) is 2.03. The quantitative estimate of drug-likeness (QED) is 0.917. The summed E-state index contributed by atoms with van der Waals surface area (Å²) in [6, 6.07) is 7.10. The van der Waals surface area contributed by atoms with Crippen LogP contribution in [0.15, 0.2) is 24.4 Å². The normalized spacial score (nSPS) is 29.7. The highest BCUT2D eigenvalue weighted by atomic mass is 16.5. The van der Waals surface area contributed by atoms with Gasteiger partial charge in [-0.15, -0.1) is 0 Å². The summed E-state index contributed by atoms with van der Waals surface area (Å²) in [5, 5.41) is 1.41. The number of Topliss-reactive ketones (excluding diaryl/α,β-unsaturated/α-hetero) is 1. The van der Waals surface area contributed by atoms with E-state index < -0.39 is 0 Å². The van der Waals surface area contributed by atoms with E-state index in [1.165, 1.54) is 22.0 Å². The van der Waals surface area contributed by atoms with E-state index in [0.29, 0.717) is 24.3 Å². The molecule has 5 rings (SSSR count). The van der Waals surface area contributed by atoms with Crippen molar-refractivity contribution in [1.82, 2.24) is 14.8 Å². The Bertz CT molecular complexity index is 824. The van der Waals surface area contributed by atoms with Crippen molar-refractivity contribution >= 4 is 16.7 Å². The number of likely N-dealkylation sites (N-methyl/N-ethyl adjacent to an activating group) is 1. The van der Waals surface area contributed by atoms with Gasteiger partial charge in [0.2, 0.25) is 0 Å². The highest BCUT2D eigenvalue weighted by molar-refractivity contribution is 5.89. The van der Waals surface area contributed by atoms with Crippen molar-refractivity contribution in [2.24, 2.45) is 5.92 Å². The first-order chi connectivity index (χ1) is 12.7. The molecule has 0 amide bonds. The molecular formula is C21H27N3O2. The Kier molecular flexibility index (Phi) is 4.11. The Labute approximate surface area is 154 Å². The number of H-pyrrole nitrogens is 1. The molecule has 0 bridgehead atoms. The molecule has 26 heavy (non-hydrogen) atoms. The van der Waals surface area contributed by atoms with Gasteiger partial charge in [-0.25, -0.2) is 0 Å². The van der Waals surface area contributed by atoms with Crippen LogP contribution >= 0.6 is 0 Å². The fourth-order valence-corrected chi connectivity index (χ4v) is 5.28. The zero-order valence-electron chi connectivity index (χ0n) is 15.4. The minimum absolute atomic E-state index is 0.139. The van der Waals surface area contributed by atoms with Crippen LogP contribution in [0.2, 0.25) is 0 Å². The molecule has 1 aromatic carbocycles. The second kappa shape index (κ2) is 6.48. The van der Waals surface area contributed by atoms with Crippen molar-refractivity contribution in [3.63, 3.8) is 0 Å². The lowest BCUT2D eigenvalue weighted by atomic mass is 9.71. The number of nitrogens with one attached hydrogen (secondary N) is 1. The molecule has 3 heterocycles. The van der Waals surface area contributed by atoms with Crippen LogP contribution < -0.4 is 0 Å². The van der Waals surface area contributed by atoms with Gasteiger partial charge in [0.05, 0.1) is 19.8 Å². The third-order valence-corrected chi connectivity index (χ3v) is 6.66. The Morgan fingerprint density at radius 3 is 3.00 bits per heavy atom. The molecule has 138 valence electrons. The number of morpholine rings is 1. The van der Waals surface area contributed by atoms with E-state index in [9.17, 15) is 4.79 Å². The van der Waals surface area contributed by atoms with Gasteiger partial charge in [-0.05, 0) is 37.1 Å². The summed E-state index contributed by atoms with van der Waals surface area (Å²) in [6.45, 7) is 4.74. The van der Waals surface area contributed by atoms with Gasteiger partial charge in [0.25, 0.3) is 0 Å². The van der Waals surface area contributed by atoms with Crippen molar-refractivity contribution in [2.75, 3.05) is 46.4 Å². The number of nitrogens with zero attached hydrogens (tertiary/aromatic N) is 2. The van der Waals surface area contributed by atoms with E-state index in [2.05, 4.69) is 46.2 Å². The van der Waals surface area contributed by atoms with Crippen LogP contribution in [-0.4, -0.2) is 73.0 Å². The lowest BCUT2D eigenvalue weighted by Crippen LogP contribution is -2.51. The highest BCUT2D eigenvalue weighted by Gasteiger charge is 2.41. The standard InChI is InChI=1S/C21H27N3O2/c1-23-12-15(20(25)13-24-5-7-26-8-6-24)9-17-16-3-2-4-18-21(16)14(11-22-18)10-19(17)23/h2-4,11,15,17,19,22H,5-10,12-13H2,1H3/t15?,17?,19-/m1/s1. The smallest absolute Gasteiger partial charge is 0.151 e. The molecule has 0 radical (unpaired) electrons. The number of fused-ring (bicyclic) bond motifs is 2. The summed E-state index contributed by atoms with van der Waals surface area (Å²) < 4.78 is 5.41. The van der Waals surface area contributed by atoms with Crippen molar-refractivity contribution in [3.8, 4) is 0 Å². The molecule has 5 heteroatoms. The van der Waals surface area contributed by atoms with Gasteiger partial charge in [-0.3, -0.25) is 9.69 Å². The van der Waals surface area contributed by atoms with Gasteiger partial charge in [0.1, 0.15) is 0 Å². The van der Waals surface area contributed by atoms with Crippen molar-refractivity contribution in [1.29, 1.82) is 0 Å². The lowest BCUT2D eigenvalue weighted by Gasteiger charge is -2.45. The molecule has 1 aliphatic carbocycles. The number of rotatable bonds is 3. The van der Waals surface area contributed by atoms with Gasteiger partial charge < -0.3 is 14.6 Å². The second-order valence-electron chi connectivity index (χ2n) is 8.19. The van der Waals surface area contributed by atoms with Gasteiger partial charge >= 0.3 is 0 Å². The highest BCUT2D eigenvalue weighted by Crippen LogP contribution is 2.44. The fourth-order valence-electron chi connectivity index (χ4n) is 5.28. The number of aromatic amines is 1. The Morgan fingerprint density at radius 1 is 1.31 bits per heavy atom. The van der Waals surface area contributed by atoms with E-state index in [0.717, 1.165) is 45.7 Å². The van der Waals surface area contributed by atoms with Gasteiger partial charge in [0, 0.05) is 54.6 Å². The zero-order valence-corrected chi connectivity index (χ0v) is 15.4. The second-order valence-corrected chi connectivity index (χ2v) is 8.19. The lowest BCUT2D eigenvalue weighted by molar-refractivity contribution is -0.127. The summed E-state index contributed by atoms with van der Waals surface area (Å²) in [5.41, 5.74) is 4.10. The zero-order chi connectivity index (χ0) is 17.7. The molecule has 0 saturated carbocycles. The average Bonchev–Trinajstić information content (AvgIpc) is 3.08. The van der Waals surface area contributed by atoms with E-state index in [1.807, 2.05) is 0 Å². The molecule has 0 spiro atoms. The molecule has 1 aromatic heterocycles. The third-order valence-electron chi connectivity index (χ3n) is 6.66. The van der Waals surface area contributed by atoms with Crippen LogP contribution in [0.25, 0.3) is 10.9 Å². The van der Waals surface area contributed by atoms with Crippen LogP contribution in [0.1, 0.15) is 23.5 Å². The number of ether oxygens (including phenoxy) is 1. The first kappa shape index (κ1) is 16.5. The summed E-state index contributed by atoms with van der Waals surface area (Å²) in [6.07, 6.45) is 4.25. The van der Waals surface area contributed by atoms with Crippen LogP contribution in [-0.2, 0) is 16.0 Å². The number of hydrogen-bond donors (Lipinski definition) is 1. The first-order valence-corrected chi connectivity index (χ1v) is 9.82. The Morgan fingerprint density at radius 2 is 2.15 bits per heavy atom. The first-order valence-electron chi connectivity index (χ1n) is 9.82. The largest absolute Gasteiger partial charge is 0.379 e. The maximum absolute atomic E-state index is 13.0. The average molecular weight is 353 g/mol. The fraction of sp³-hybridized carbons (Fsp3) is 0.571. The summed E-state index contributed by atoms with van der Waals surface area (Å²) in [5.74, 6) is 1.00. The Balaban J connectivity index is 1.39. The number of carbonyl (C=O) groups is 1. The summed E-state index contributed by atoms with van der Waals surface area (Å²) >= 11 is 0. The number of hydrogen-bond acceptors (Lipinski definition) is 4. The van der Waals surface area contributed by atoms with Gasteiger partial charge in [-0.1, -0.05) is 12.1 Å². The van der Waals surface area contributed by atoms with E-state index in [4.69, 9.17) is 4.74 Å². The number of aromatic nitrogens is 1. The van der Waals surface area contributed by atoms with E-state index in [-0.39, 0.29) is 5.92 Å². The number of ketones is 1.